The van der Waals surface area contributed by atoms with Crippen molar-refractivity contribution in [3.63, 3.8) is 0 Å². The van der Waals surface area contributed by atoms with E-state index in [1.807, 2.05) is 31.2 Å². The molecule has 3 rings (SSSR count). The summed E-state index contributed by atoms with van der Waals surface area (Å²) in [5, 5.41) is 3.85. The lowest BCUT2D eigenvalue weighted by molar-refractivity contribution is 0.286. The number of ether oxygens (including phenoxy) is 1. The van der Waals surface area contributed by atoms with E-state index >= 15 is 0 Å². The van der Waals surface area contributed by atoms with E-state index in [1.165, 1.54) is 12.1 Å². The zero-order chi connectivity index (χ0) is 14.7. The van der Waals surface area contributed by atoms with Crippen molar-refractivity contribution in [2.24, 2.45) is 0 Å². The number of hydrogen-bond acceptors (Lipinski definition) is 4. The predicted molar refractivity (Wildman–Crippen MR) is 75.2 cm³/mol. The van der Waals surface area contributed by atoms with Crippen molar-refractivity contribution >= 4 is 0 Å². The van der Waals surface area contributed by atoms with Crippen molar-refractivity contribution in [2.45, 2.75) is 13.5 Å². The summed E-state index contributed by atoms with van der Waals surface area (Å²) in [5.41, 5.74) is 1.97. The first kappa shape index (κ1) is 13.3. The first-order valence-corrected chi connectivity index (χ1v) is 6.49. The van der Waals surface area contributed by atoms with Crippen LogP contribution in [0.25, 0.3) is 11.5 Å². The molecule has 0 saturated carbocycles. The van der Waals surface area contributed by atoms with Crippen molar-refractivity contribution in [3.05, 3.63) is 65.7 Å². The van der Waals surface area contributed by atoms with Crippen LogP contribution in [0.15, 0.2) is 53.1 Å². The van der Waals surface area contributed by atoms with Crippen LogP contribution >= 0.6 is 0 Å². The van der Waals surface area contributed by atoms with Crippen molar-refractivity contribution in [1.29, 1.82) is 0 Å². The lowest BCUT2D eigenvalue weighted by Crippen LogP contribution is -1.97. The van der Waals surface area contributed by atoms with Gasteiger partial charge in [-0.3, -0.25) is 0 Å². The molecule has 4 nitrogen and oxygen atoms in total. The average Bonchev–Trinajstić information content (AvgIpc) is 2.94. The number of benzene rings is 2. The van der Waals surface area contributed by atoms with Gasteiger partial charge in [0, 0.05) is 11.6 Å². The predicted octanol–water partition coefficient (Wildman–Crippen LogP) is 3.76. The van der Waals surface area contributed by atoms with E-state index in [0.717, 1.165) is 11.1 Å². The van der Waals surface area contributed by atoms with E-state index in [-0.39, 0.29) is 12.4 Å². The summed E-state index contributed by atoms with van der Waals surface area (Å²) in [6.07, 6.45) is 0. The number of halogens is 1. The normalized spacial score (nSPS) is 10.6. The van der Waals surface area contributed by atoms with Crippen LogP contribution in [-0.2, 0) is 6.61 Å². The summed E-state index contributed by atoms with van der Waals surface area (Å²) in [5.74, 6) is 0.935. The molecule has 106 valence electrons. The first-order chi connectivity index (χ1) is 10.2. The third kappa shape index (κ3) is 3.25. The summed E-state index contributed by atoms with van der Waals surface area (Å²) in [6, 6.07) is 13.7. The molecule has 5 heteroatoms. The second-order valence-electron chi connectivity index (χ2n) is 4.63. The second kappa shape index (κ2) is 5.75. The Labute approximate surface area is 121 Å². The Morgan fingerprint density at radius 1 is 1.14 bits per heavy atom. The number of hydrogen-bond donors (Lipinski definition) is 0. The quantitative estimate of drug-likeness (QED) is 0.732. The van der Waals surface area contributed by atoms with Crippen molar-refractivity contribution in [2.75, 3.05) is 0 Å². The van der Waals surface area contributed by atoms with Crippen molar-refractivity contribution < 1.29 is 13.7 Å². The van der Waals surface area contributed by atoms with E-state index < -0.39 is 0 Å². The molecular formula is C16H13FN2O2. The standard InChI is InChI=1S/C16H13FN2O2/c1-11-4-2-5-12(8-11)16-18-15(19-21-16)10-20-14-7-3-6-13(17)9-14/h2-9H,10H2,1H3. The first-order valence-electron chi connectivity index (χ1n) is 6.49. The summed E-state index contributed by atoms with van der Waals surface area (Å²) in [6.45, 7) is 2.12. The Morgan fingerprint density at radius 2 is 2.00 bits per heavy atom. The monoisotopic (exact) mass is 284 g/mol. The highest BCUT2D eigenvalue weighted by Crippen LogP contribution is 2.19. The Balaban J connectivity index is 1.71. The van der Waals surface area contributed by atoms with Gasteiger partial charge in [0.2, 0.25) is 5.82 Å². The van der Waals surface area contributed by atoms with Crippen LogP contribution in [0.3, 0.4) is 0 Å². The molecule has 0 amide bonds. The zero-order valence-electron chi connectivity index (χ0n) is 11.4. The van der Waals surface area contributed by atoms with Gasteiger partial charge in [0.05, 0.1) is 0 Å². The van der Waals surface area contributed by atoms with Gasteiger partial charge < -0.3 is 9.26 Å². The van der Waals surface area contributed by atoms with Gasteiger partial charge in [0.1, 0.15) is 11.6 Å². The molecule has 0 atom stereocenters. The van der Waals surface area contributed by atoms with Crippen molar-refractivity contribution in [3.8, 4) is 17.2 Å². The van der Waals surface area contributed by atoms with Crippen LogP contribution in [0.2, 0.25) is 0 Å². The number of aryl methyl sites for hydroxylation is 1. The van der Waals surface area contributed by atoms with Gasteiger partial charge in [-0.25, -0.2) is 4.39 Å². The molecule has 3 aromatic rings. The molecule has 0 aliphatic heterocycles. The molecule has 0 aliphatic rings. The lowest BCUT2D eigenvalue weighted by Gasteiger charge is -2.02. The Hall–Kier alpha value is -2.69. The summed E-state index contributed by atoms with van der Waals surface area (Å²) in [7, 11) is 0. The summed E-state index contributed by atoms with van der Waals surface area (Å²) >= 11 is 0. The van der Waals surface area contributed by atoms with Gasteiger partial charge in [-0.15, -0.1) is 0 Å². The van der Waals surface area contributed by atoms with E-state index in [9.17, 15) is 4.39 Å². The maximum absolute atomic E-state index is 13.0. The van der Waals surface area contributed by atoms with E-state index in [4.69, 9.17) is 9.26 Å². The van der Waals surface area contributed by atoms with Crippen LogP contribution in [0.5, 0.6) is 5.75 Å². The Bertz CT molecular complexity index is 755. The number of aromatic nitrogens is 2. The van der Waals surface area contributed by atoms with E-state index in [0.29, 0.717) is 17.5 Å². The maximum Gasteiger partial charge on any atom is 0.258 e. The van der Waals surface area contributed by atoms with Gasteiger partial charge in [0.15, 0.2) is 6.61 Å². The third-order valence-electron chi connectivity index (χ3n) is 2.90. The Kier molecular flexibility index (Phi) is 3.64. The molecule has 1 aromatic heterocycles. The van der Waals surface area contributed by atoms with E-state index in [2.05, 4.69) is 10.1 Å². The fraction of sp³-hybridized carbons (Fsp3) is 0.125. The topological polar surface area (TPSA) is 48.2 Å². The fourth-order valence-electron chi connectivity index (χ4n) is 1.91. The van der Waals surface area contributed by atoms with Gasteiger partial charge in [-0.2, -0.15) is 4.98 Å². The molecule has 1 heterocycles. The summed E-state index contributed by atoms with van der Waals surface area (Å²) < 4.78 is 23.6. The van der Waals surface area contributed by atoms with Crippen LogP contribution in [0.1, 0.15) is 11.4 Å². The van der Waals surface area contributed by atoms with Gasteiger partial charge in [-0.05, 0) is 31.2 Å². The molecule has 0 fully saturated rings. The molecule has 21 heavy (non-hydrogen) atoms. The highest BCUT2D eigenvalue weighted by atomic mass is 19.1. The Morgan fingerprint density at radius 3 is 2.81 bits per heavy atom. The second-order valence-corrected chi connectivity index (χ2v) is 4.63. The highest BCUT2D eigenvalue weighted by molar-refractivity contribution is 5.53. The number of nitrogens with zero attached hydrogens (tertiary/aromatic N) is 2. The molecule has 0 saturated heterocycles. The van der Waals surface area contributed by atoms with E-state index in [1.54, 1.807) is 12.1 Å². The van der Waals surface area contributed by atoms with Crippen molar-refractivity contribution in [1.82, 2.24) is 10.1 Å². The zero-order valence-corrected chi connectivity index (χ0v) is 11.4. The lowest BCUT2D eigenvalue weighted by atomic mass is 10.1. The summed E-state index contributed by atoms with van der Waals surface area (Å²) in [4.78, 5) is 4.26. The van der Waals surface area contributed by atoms with Gasteiger partial charge in [0.25, 0.3) is 5.89 Å². The smallest absolute Gasteiger partial charge is 0.258 e. The molecule has 0 radical (unpaired) electrons. The fourth-order valence-corrected chi connectivity index (χ4v) is 1.91. The molecule has 0 spiro atoms. The minimum Gasteiger partial charge on any atom is -0.485 e. The maximum atomic E-state index is 13.0. The molecule has 0 bridgehead atoms. The SMILES string of the molecule is Cc1cccc(-c2nc(COc3cccc(F)c3)no2)c1. The average molecular weight is 284 g/mol. The van der Waals surface area contributed by atoms with Gasteiger partial charge >= 0.3 is 0 Å². The minimum atomic E-state index is -0.346. The third-order valence-corrected chi connectivity index (χ3v) is 2.90. The molecule has 2 aromatic carbocycles. The van der Waals surface area contributed by atoms with Crippen LogP contribution in [-0.4, -0.2) is 10.1 Å². The van der Waals surface area contributed by atoms with Gasteiger partial charge in [-0.1, -0.05) is 28.9 Å². The molecule has 0 aliphatic carbocycles. The van der Waals surface area contributed by atoms with Crippen LogP contribution in [0.4, 0.5) is 4.39 Å². The number of rotatable bonds is 4. The molecule has 0 N–H and O–H groups in total. The minimum absolute atomic E-state index is 0.124. The molecular weight excluding hydrogens is 271 g/mol. The highest BCUT2D eigenvalue weighted by Gasteiger charge is 2.09. The van der Waals surface area contributed by atoms with Crippen LogP contribution in [0, 0.1) is 12.7 Å². The molecule has 0 unspecified atom stereocenters. The van der Waals surface area contributed by atoms with Crippen LogP contribution < -0.4 is 4.74 Å². The largest absolute Gasteiger partial charge is 0.485 e.